The Morgan fingerprint density at radius 2 is 1.72 bits per heavy atom. The maximum atomic E-state index is 10.9. The minimum absolute atomic E-state index is 0.240. The molecule has 0 amide bonds. The molecule has 29 heavy (non-hydrogen) atoms. The van der Waals surface area contributed by atoms with Gasteiger partial charge in [0.25, 0.3) is 0 Å². The Morgan fingerprint density at radius 1 is 0.966 bits per heavy atom. The van der Waals surface area contributed by atoms with Crippen molar-refractivity contribution in [2.75, 3.05) is 44.2 Å². The summed E-state index contributed by atoms with van der Waals surface area (Å²) in [6.07, 6.45) is 2.51. The normalized spacial score (nSPS) is 24.1. The lowest BCUT2D eigenvalue weighted by molar-refractivity contribution is -0.0176. The molecule has 2 atom stereocenters. The molecule has 2 aromatic rings. The van der Waals surface area contributed by atoms with Crippen LogP contribution in [0.3, 0.4) is 0 Å². The summed E-state index contributed by atoms with van der Waals surface area (Å²) in [5.41, 5.74) is 4.01. The van der Waals surface area contributed by atoms with Crippen molar-refractivity contribution in [2.45, 2.75) is 45.9 Å². The Labute approximate surface area is 173 Å². The number of piperazine rings is 1. The molecule has 7 heteroatoms. The first-order valence-electron chi connectivity index (χ1n) is 10.6. The molecule has 1 N–H and O–H groups in total. The van der Waals surface area contributed by atoms with E-state index in [1.807, 2.05) is 39.1 Å². The molecule has 2 saturated heterocycles. The van der Waals surface area contributed by atoms with Gasteiger partial charge in [0.1, 0.15) is 5.82 Å². The van der Waals surface area contributed by atoms with Crippen LogP contribution in [0, 0.1) is 20.8 Å². The van der Waals surface area contributed by atoms with Gasteiger partial charge in [-0.05, 0) is 39.3 Å². The summed E-state index contributed by atoms with van der Waals surface area (Å²) >= 11 is 0. The van der Waals surface area contributed by atoms with Gasteiger partial charge in [0.2, 0.25) is 0 Å². The monoisotopic (exact) mass is 396 g/mol. The van der Waals surface area contributed by atoms with Crippen molar-refractivity contribution in [3.05, 3.63) is 47.2 Å². The Morgan fingerprint density at radius 3 is 2.41 bits per heavy atom. The largest absolute Gasteiger partial charge is 0.390 e. The summed E-state index contributed by atoms with van der Waals surface area (Å²) in [6.45, 7) is 12.3. The highest BCUT2D eigenvalue weighted by atomic mass is 16.3. The van der Waals surface area contributed by atoms with Gasteiger partial charge >= 0.3 is 0 Å². The van der Waals surface area contributed by atoms with E-state index < -0.39 is 0 Å². The van der Waals surface area contributed by atoms with Crippen LogP contribution in [-0.4, -0.2) is 81.3 Å². The average Bonchev–Trinajstić information content (AvgIpc) is 2.73. The fraction of sp³-hybridized carbons (Fsp3) is 0.591. The highest BCUT2D eigenvalue weighted by Crippen LogP contribution is 2.22. The predicted octanol–water partition coefficient (Wildman–Crippen LogP) is 1.55. The molecule has 0 aromatic carbocycles. The van der Waals surface area contributed by atoms with Gasteiger partial charge in [-0.1, -0.05) is 6.07 Å². The van der Waals surface area contributed by atoms with Gasteiger partial charge in [-0.25, -0.2) is 4.98 Å². The quantitative estimate of drug-likeness (QED) is 0.841. The lowest BCUT2D eigenvalue weighted by Gasteiger charge is -2.45. The molecule has 2 aliphatic heterocycles. The topological polar surface area (TPSA) is 68.6 Å². The van der Waals surface area contributed by atoms with E-state index in [1.165, 1.54) is 0 Å². The van der Waals surface area contributed by atoms with Gasteiger partial charge in [0.15, 0.2) is 0 Å². The molecule has 0 bridgehead atoms. The number of hydrogen-bond acceptors (Lipinski definition) is 7. The molecule has 2 aromatic heterocycles. The smallest absolute Gasteiger partial charge is 0.128 e. The molecule has 0 saturated carbocycles. The summed E-state index contributed by atoms with van der Waals surface area (Å²) < 4.78 is 0. The fourth-order valence-corrected chi connectivity index (χ4v) is 4.50. The minimum Gasteiger partial charge on any atom is -0.390 e. The average molecular weight is 397 g/mol. The summed E-state index contributed by atoms with van der Waals surface area (Å²) in [5, 5.41) is 10.9. The predicted molar refractivity (Wildman–Crippen MR) is 114 cm³/mol. The third-order valence-corrected chi connectivity index (χ3v) is 6.34. The van der Waals surface area contributed by atoms with E-state index in [9.17, 15) is 5.11 Å². The first-order chi connectivity index (χ1) is 14.0. The zero-order chi connectivity index (χ0) is 20.4. The Kier molecular flexibility index (Phi) is 6.08. The number of anilines is 1. The van der Waals surface area contributed by atoms with Crippen LogP contribution in [0.15, 0.2) is 24.4 Å². The van der Waals surface area contributed by atoms with Gasteiger partial charge in [-0.2, -0.15) is 0 Å². The lowest BCUT2D eigenvalue weighted by Crippen LogP contribution is -2.58. The standard InChI is InChI=1S/C22H32N6O/c1-16-17(2)25-19(18(3)24-16)14-26-9-7-20(21(29)15-26)27-10-12-28(13-11-27)22-6-4-5-8-23-22/h4-6,8,20-21,29H,7,9-15H2,1-3H3/t20-,21-/m1/s1. The summed E-state index contributed by atoms with van der Waals surface area (Å²) in [4.78, 5) is 20.9. The van der Waals surface area contributed by atoms with E-state index in [4.69, 9.17) is 4.98 Å². The van der Waals surface area contributed by atoms with E-state index in [0.717, 1.165) is 74.3 Å². The molecule has 0 radical (unpaired) electrons. The van der Waals surface area contributed by atoms with E-state index >= 15 is 0 Å². The first-order valence-corrected chi connectivity index (χ1v) is 10.6. The van der Waals surface area contributed by atoms with Gasteiger partial charge < -0.3 is 10.0 Å². The number of nitrogens with zero attached hydrogens (tertiary/aromatic N) is 6. The van der Waals surface area contributed by atoms with Gasteiger partial charge in [-0.15, -0.1) is 0 Å². The summed E-state index contributed by atoms with van der Waals surface area (Å²) in [7, 11) is 0. The van der Waals surface area contributed by atoms with Crippen molar-refractivity contribution >= 4 is 5.82 Å². The second-order valence-corrected chi connectivity index (χ2v) is 8.30. The van der Waals surface area contributed by atoms with Crippen molar-refractivity contribution in [2.24, 2.45) is 0 Å². The molecular weight excluding hydrogens is 364 g/mol. The molecule has 4 rings (SSSR count). The van der Waals surface area contributed by atoms with Crippen LogP contribution in [0.2, 0.25) is 0 Å². The van der Waals surface area contributed by atoms with Crippen molar-refractivity contribution in [1.29, 1.82) is 0 Å². The van der Waals surface area contributed by atoms with Crippen molar-refractivity contribution in [3.8, 4) is 0 Å². The van der Waals surface area contributed by atoms with E-state index in [-0.39, 0.29) is 12.1 Å². The number of piperidine rings is 1. The number of rotatable bonds is 4. The molecule has 0 spiro atoms. The molecule has 0 aliphatic carbocycles. The molecule has 156 valence electrons. The SMILES string of the molecule is Cc1nc(C)c(CN2CC[C@@H](N3CCN(c4ccccn4)CC3)[C@H](O)C2)nc1C. The summed E-state index contributed by atoms with van der Waals surface area (Å²) in [5.74, 6) is 1.05. The zero-order valence-electron chi connectivity index (χ0n) is 17.8. The Hall–Kier alpha value is -2.09. The maximum Gasteiger partial charge on any atom is 0.128 e. The van der Waals surface area contributed by atoms with Crippen molar-refractivity contribution < 1.29 is 5.11 Å². The summed E-state index contributed by atoms with van der Waals surface area (Å²) in [6, 6.07) is 6.30. The molecule has 4 heterocycles. The molecule has 2 fully saturated rings. The van der Waals surface area contributed by atoms with Gasteiger partial charge in [0, 0.05) is 58.1 Å². The molecule has 0 unspecified atom stereocenters. The number of hydrogen-bond donors (Lipinski definition) is 1. The van der Waals surface area contributed by atoms with E-state index in [0.29, 0.717) is 6.54 Å². The second-order valence-electron chi connectivity index (χ2n) is 8.30. The van der Waals surface area contributed by atoms with Crippen LogP contribution < -0.4 is 4.90 Å². The molecular formula is C22H32N6O. The van der Waals surface area contributed by atoms with Crippen molar-refractivity contribution in [1.82, 2.24) is 24.8 Å². The fourth-order valence-electron chi connectivity index (χ4n) is 4.50. The third kappa shape index (κ3) is 4.57. The van der Waals surface area contributed by atoms with E-state index in [2.05, 4.69) is 30.7 Å². The number of pyridine rings is 1. The van der Waals surface area contributed by atoms with Gasteiger partial charge in [0.05, 0.1) is 28.9 Å². The van der Waals surface area contributed by atoms with Crippen molar-refractivity contribution in [3.63, 3.8) is 0 Å². The van der Waals surface area contributed by atoms with E-state index in [1.54, 1.807) is 0 Å². The van der Waals surface area contributed by atoms with Gasteiger partial charge in [-0.3, -0.25) is 19.8 Å². The molecule has 2 aliphatic rings. The van der Waals surface area contributed by atoms with Crippen LogP contribution >= 0.6 is 0 Å². The van der Waals surface area contributed by atoms with Crippen LogP contribution in [-0.2, 0) is 6.54 Å². The highest BCUT2D eigenvalue weighted by Gasteiger charge is 2.34. The maximum absolute atomic E-state index is 10.9. The van der Waals surface area contributed by atoms with Crippen LogP contribution in [0.5, 0.6) is 0 Å². The zero-order valence-corrected chi connectivity index (χ0v) is 17.8. The highest BCUT2D eigenvalue weighted by molar-refractivity contribution is 5.38. The number of aliphatic hydroxyl groups excluding tert-OH is 1. The van der Waals surface area contributed by atoms with Crippen LogP contribution in [0.4, 0.5) is 5.82 Å². The number of β-amino-alcohol motifs (C(OH)–C–C–N with tert-alkyl or cyclic N) is 1. The third-order valence-electron chi connectivity index (χ3n) is 6.34. The lowest BCUT2D eigenvalue weighted by atomic mass is 9.99. The number of likely N-dealkylation sites (tertiary alicyclic amines) is 1. The van der Waals surface area contributed by atoms with Crippen LogP contribution in [0.1, 0.15) is 29.2 Å². The second kappa shape index (κ2) is 8.73. The minimum atomic E-state index is -0.329. The number of aromatic nitrogens is 3. The Balaban J connectivity index is 1.31. The van der Waals surface area contributed by atoms with Crippen LogP contribution in [0.25, 0.3) is 0 Å². The first kappa shape index (κ1) is 20.2. The number of aryl methyl sites for hydroxylation is 3. The number of aliphatic hydroxyl groups is 1. The Bertz CT molecular complexity index is 822. The molecule has 7 nitrogen and oxygen atoms in total.